The number of rotatable bonds is 17. The van der Waals surface area contributed by atoms with Crippen molar-refractivity contribution in [3.63, 3.8) is 0 Å². The Morgan fingerprint density at radius 1 is 0.921 bits per heavy atom. The number of primary amides is 1. The summed E-state index contributed by atoms with van der Waals surface area (Å²) in [7, 11) is 1.61. The normalized spacial score (nSPS) is 12.3. The Morgan fingerprint density at radius 2 is 1.63 bits per heavy atom. The molecule has 0 aliphatic carbocycles. The Labute approximate surface area is 225 Å². The summed E-state index contributed by atoms with van der Waals surface area (Å²) < 4.78 is 22.1. The lowest BCUT2D eigenvalue weighted by Gasteiger charge is -2.26. The van der Waals surface area contributed by atoms with Crippen molar-refractivity contribution >= 4 is 17.8 Å². The van der Waals surface area contributed by atoms with Crippen molar-refractivity contribution < 1.29 is 33.3 Å². The van der Waals surface area contributed by atoms with Crippen LogP contribution in [0.25, 0.3) is 11.1 Å². The molecule has 0 spiro atoms. The SMILES string of the molecule is CCCCCCOc1ccc(-c2ccc(CCC(COC(C)=O)C(CC(N)=O)OC(C)=O)c(OC)c2)cc1. The number of unbranched alkanes of at least 4 members (excludes halogenated alkanes) is 3. The largest absolute Gasteiger partial charge is 0.496 e. The molecule has 0 saturated carbocycles. The fourth-order valence-corrected chi connectivity index (χ4v) is 4.25. The smallest absolute Gasteiger partial charge is 0.302 e. The molecule has 2 atom stereocenters. The lowest BCUT2D eigenvalue weighted by atomic mass is 9.91. The molecule has 38 heavy (non-hydrogen) atoms. The van der Waals surface area contributed by atoms with Crippen LogP contribution in [0.15, 0.2) is 42.5 Å². The minimum Gasteiger partial charge on any atom is -0.496 e. The third-order valence-electron chi connectivity index (χ3n) is 6.27. The van der Waals surface area contributed by atoms with Crippen LogP contribution in [0, 0.1) is 5.92 Å². The van der Waals surface area contributed by atoms with Crippen LogP contribution in [0.4, 0.5) is 0 Å². The molecule has 0 heterocycles. The summed E-state index contributed by atoms with van der Waals surface area (Å²) in [5.41, 5.74) is 8.36. The van der Waals surface area contributed by atoms with E-state index in [2.05, 4.69) is 6.92 Å². The molecule has 1 amide bonds. The number of hydrogen-bond acceptors (Lipinski definition) is 7. The summed E-state index contributed by atoms with van der Waals surface area (Å²) in [4.78, 5) is 34.6. The van der Waals surface area contributed by atoms with Gasteiger partial charge >= 0.3 is 11.9 Å². The van der Waals surface area contributed by atoms with E-state index in [1.165, 1.54) is 33.1 Å². The molecule has 0 bridgehead atoms. The maximum absolute atomic E-state index is 11.6. The van der Waals surface area contributed by atoms with E-state index < -0.39 is 29.9 Å². The molecular weight excluding hydrogens is 486 g/mol. The Hall–Kier alpha value is -3.55. The zero-order valence-electron chi connectivity index (χ0n) is 23.0. The zero-order chi connectivity index (χ0) is 27.9. The molecule has 0 saturated heterocycles. The van der Waals surface area contributed by atoms with Crippen molar-refractivity contribution in [3.05, 3.63) is 48.0 Å². The zero-order valence-corrected chi connectivity index (χ0v) is 23.0. The lowest BCUT2D eigenvalue weighted by molar-refractivity contribution is -0.154. The van der Waals surface area contributed by atoms with Crippen molar-refractivity contribution in [3.8, 4) is 22.6 Å². The molecule has 0 aliphatic rings. The second kappa shape index (κ2) is 16.3. The number of nitrogens with two attached hydrogens (primary N) is 1. The maximum atomic E-state index is 11.6. The fourth-order valence-electron chi connectivity index (χ4n) is 4.25. The summed E-state index contributed by atoms with van der Waals surface area (Å²) in [6.07, 6.45) is 4.76. The molecule has 8 nitrogen and oxygen atoms in total. The van der Waals surface area contributed by atoms with Crippen LogP contribution in [0.2, 0.25) is 0 Å². The quantitative estimate of drug-likeness (QED) is 0.221. The third kappa shape index (κ3) is 10.8. The number of aryl methyl sites for hydroxylation is 1. The van der Waals surface area contributed by atoms with Crippen molar-refractivity contribution in [2.75, 3.05) is 20.3 Å². The van der Waals surface area contributed by atoms with Gasteiger partial charge in [-0.15, -0.1) is 0 Å². The van der Waals surface area contributed by atoms with Crippen LogP contribution in [0.1, 0.15) is 64.9 Å². The van der Waals surface area contributed by atoms with Crippen LogP contribution in [0.5, 0.6) is 11.5 Å². The van der Waals surface area contributed by atoms with Gasteiger partial charge in [0.1, 0.15) is 17.6 Å². The van der Waals surface area contributed by atoms with Crippen LogP contribution in [-0.2, 0) is 30.3 Å². The summed E-state index contributed by atoms with van der Waals surface area (Å²) in [6.45, 7) is 5.49. The molecule has 208 valence electrons. The highest BCUT2D eigenvalue weighted by Crippen LogP contribution is 2.31. The fraction of sp³-hybridized carbons (Fsp3) is 0.500. The molecule has 0 aliphatic heterocycles. The highest BCUT2D eigenvalue weighted by atomic mass is 16.6. The Kier molecular flexibility index (Phi) is 13.2. The minimum atomic E-state index is -0.790. The highest BCUT2D eigenvalue weighted by Gasteiger charge is 2.27. The molecule has 2 aromatic rings. The highest BCUT2D eigenvalue weighted by molar-refractivity contribution is 5.75. The van der Waals surface area contributed by atoms with Crippen LogP contribution < -0.4 is 15.2 Å². The Morgan fingerprint density at radius 3 is 2.24 bits per heavy atom. The first kappa shape index (κ1) is 30.7. The third-order valence-corrected chi connectivity index (χ3v) is 6.27. The van der Waals surface area contributed by atoms with Gasteiger partial charge in [0.05, 0.1) is 26.7 Å². The summed E-state index contributed by atoms with van der Waals surface area (Å²) >= 11 is 0. The first-order valence-electron chi connectivity index (χ1n) is 13.2. The topological polar surface area (TPSA) is 114 Å². The maximum Gasteiger partial charge on any atom is 0.302 e. The minimum absolute atomic E-state index is 0.00792. The van der Waals surface area contributed by atoms with Gasteiger partial charge in [-0.3, -0.25) is 14.4 Å². The first-order chi connectivity index (χ1) is 18.2. The van der Waals surface area contributed by atoms with Gasteiger partial charge in [-0.1, -0.05) is 50.5 Å². The van der Waals surface area contributed by atoms with E-state index in [9.17, 15) is 14.4 Å². The van der Waals surface area contributed by atoms with Gasteiger partial charge < -0.3 is 24.7 Å². The molecule has 0 fully saturated rings. The van der Waals surface area contributed by atoms with Crippen LogP contribution in [-0.4, -0.2) is 44.3 Å². The number of carbonyl (C=O) groups is 3. The summed E-state index contributed by atoms with van der Waals surface area (Å²) in [5.74, 6) is -0.424. The molecule has 0 radical (unpaired) electrons. The first-order valence-corrected chi connectivity index (χ1v) is 13.2. The Balaban J connectivity index is 2.11. The monoisotopic (exact) mass is 527 g/mol. The molecule has 2 unspecified atom stereocenters. The van der Waals surface area contributed by atoms with Gasteiger partial charge in [-0.2, -0.15) is 0 Å². The standard InChI is InChI=1S/C30H41NO7/c1-5-6-7-8-17-36-27-15-13-23(14-16-27)25-11-9-24(28(18-25)35-4)10-12-26(20-37-21(2)32)29(19-30(31)34)38-22(3)33/h9,11,13-16,18,26,29H,5-8,10,12,17,19-20H2,1-4H3,(H2,31,34). The molecule has 2 aromatic carbocycles. The van der Waals surface area contributed by atoms with Crippen LogP contribution in [0.3, 0.4) is 0 Å². The van der Waals surface area contributed by atoms with Gasteiger partial charge in [0.2, 0.25) is 5.91 Å². The van der Waals surface area contributed by atoms with Crippen molar-refractivity contribution in [2.24, 2.45) is 11.7 Å². The number of amides is 1. The van der Waals surface area contributed by atoms with Crippen LogP contribution >= 0.6 is 0 Å². The average Bonchev–Trinajstić information content (AvgIpc) is 2.88. The summed E-state index contributed by atoms with van der Waals surface area (Å²) in [5, 5.41) is 0. The van der Waals surface area contributed by atoms with Crippen molar-refractivity contribution in [1.82, 2.24) is 0 Å². The van der Waals surface area contributed by atoms with Gasteiger partial charge in [0.15, 0.2) is 0 Å². The molecule has 2 rings (SSSR count). The number of esters is 2. The van der Waals surface area contributed by atoms with E-state index in [-0.39, 0.29) is 13.0 Å². The predicted octanol–water partition coefficient (Wildman–Crippen LogP) is 5.24. The van der Waals surface area contributed by atoms with E-state index in [4.69, 9.17) is 24.7 Å². The average molecular weight is 528 g/mol. The number of hydrogen-bond donors (Lipinski definition) is 1. The van der Waals surface area contributed by atoms with Gasteiger partial charge in [0.25, 0.3) is 0 Å². The molecule has 8 heteroatoms. The van der Waals surface area contributed by atoms with Gasteiger partial charge in [0, 0.05) is 19.8 Å². The van der Waals surface area contributed by atoms with Gasteiger partial charge in [-0.25, -0.2) is 0 Å². The van der Waals surface area contributed by atoms with E-state index in [0.29, 0.717) is 18.6 Å². The molecule has 2 N–H and O–H groups in total. The predicted molar refractivity (Wildman–Crippen MR) is 146 cm³/mol. The number of benzene rings is 2. The second-order valence-electron chi connectivity index (χ2n) is 9.38. The van der Waals surface area contributed by atoms with Crippen molar-refractivity contribution in [1.29, 1.82) is 0 Å². The second-order valence-corrected chi connectivity index (χ2v) is 9.38. The number of methoxy groups -OCH3 is 1. The number of ether oxygens (including phenoxy) is 4. The number of carbonyl (C=O) groups excluding carboxylic acids is 3. The van der Waals surface area contributed by atoms with E-state index in [1.54, 1.807) is 7.11 Å². The van der Waals surface area contributed by atoms with Gasteiger partial charge in [-0.05, 0) is 54.2 Å². The molecular formula is C30H41NO7. The summed E-state index contributed by atoms with van der Waals surface area (Å²) in [6, 6.07) is 14.0. The van der Waals surface area contributed by atoms with Crippen molar-refractivity contribution in [2.45, 2.75) is 71.8 Å². The lowest BCUT2D eigenvalue weighted by Crippen LogP contribution is -2.34. The Bertz CT molecular complexity index is 1020. The van der Waals surface area contributed by atoms with E-state index in [1.807, 2.05) is 42.5 Å². The van der Waals surface area contributed by atoms with E-state index >= 15 is 0 Å². The molecule has 0 aromatic heterocycles. The van der Waals surface area contributed by atoms with E-state index in [0.717, 1.165) is 35.5 Å².